The van der Waals surface area contributed by atoms with Crippen molar-refractivity contribution in [1.82, 2.24) is 0 Å². The average Bonchev–Trinajstić information content (AvgIpc) is 2.49. The highest BCUT2D eigenvalue weighted by atomic mass is 32.2. The molecule has 0 saturated heterocycles. The molecule has 0 fully saturated rings. The number of hydrogen-bond donors (Lipinski definition) is 0. The van der Waals surface area contributed by atoms with Gasteiger partial charge in [-0.2, -0.15) is 16.8 Å². The Hall–Kier alpha value is 0.0400. The van der Waals surface area contributed by atoms with Crippen LogP contribution < -0.4 is 0 Å². The summed E-state index contributed by atoms with van der Waals surface area (Å²) in [6.07, 6.45) is 0.634. The fourth-order valence-electron chi connectivity index (χ4n) is 1.17. The molecule has 0 aromatic carbocycles. The first-order valence-corrected chi connectivity index (χ1v) is 11.9. The highest BCUT2D eigenvalue weighted by Gasteiger charge is 2.15. The average molecular weight is 417 g/mol. The van der Waals surface area contributed by atoms with Crippen LogP contribution >= 0.6 is 0 Å². The Kier molecular flexibility index (Phi) is 11.6. The van der Waals surface area contributed by atoms with Crippen LogP contribution in [0.1, 0.15) is 19.3 Å². The van der Waals surface area contributed by atoms with E-state index in [1.54, 1.807) is 0 Å². The maximum Gasteiger partial charge on any atom is 0.268 e. The van der Waals surface area contributed by atoms with Crippen LogP contribution in [0.3, 0.4) is 0 Å². The zero-order valence-electron chi connectivity index (χ0n) is 12.7. The molecule has 14 heteroatoms. The van der Waals surface area contributed by atoms with Gasteiger partial charge in [0, 0.05) is 0 Å². The molecule has 140 valence electrons. The Morgan fingerprint density at radius 3 is 1.35 bits per heavy atom. The van der Waals surface area contributed by atoms with Crippen LogP contribution in [0.15, 0.2) is 0 Å². The van der Waals surface area contributed by atoms with Gasteiger partial charge in [0.05, 0.1) is 25.7 Å². The van der Waals surface area contributed by atoms with Gasteiger partial charge in [0.25, 0.3) is 20.2 Å². The van der Waals surface area contributed by atoms with Crippen molar-refractivity contribution in [2.75, 3.05) is 37.6 Å². The van der Waals surface area contributed by atoms with Crippen LogP contribution in [0.2, 0.25) is 0 Å². The van der Waals surface area contributed by atoms with E-state index in [1.807, 2.05) is 0 Å². The third-order valence-electron chi connectivity index (χ3n) is 2.31. The van der Waals surface area contributed by atoms with Crippen LogP contribution in [-0.4, -0.2) is 62.9 Å². The number of rotatable bonds is 14. The van der Waals surface area contributed by atoms with Gasteiger partial charge in [-0.15, -0.1) is 0 Å². The Bertz CT molecular complexity index is 529. The zero-order valence-corrected chi connectivity index (χ0v) is 15.9. The summed E-state index contributed by atoms with van der Waals surface area (Å²) >= 11 is -3.67. The monoisotopic (exact) mass is 416 g/mol. The van der Waals surface area contributed by atoms with Gasteiger partial charge < -0.3 is 0 Å². The van der Waals surface area contributed by atoms with E-state index in [0.717, 1.165) is 14.2 Å². The maximum absolute atomic E-state index is 11.4. The van der Waals surface area contributed by atoms with Crippen LogP contribution in [0.5, 0.6) is 0 Å². The van der Waals surface area contributed by atoms with E-state index < -0.39 is 54.3 Å². The van der Waals surface area contributed by atoms with E-state index in [1.165, 1.54) is 0 Å². The van der Waals surface area contributed by atoms with E-state index in [-0.39, 0.29) is 24.3 Å². The molecule has 2 atom stereocenters. The summed E-state index contributed by atoms with van der Waals surface area (Å²) in [6, 6.07) is 0. The Labute approximate surface area is 141 Å². The van der Waals surface area contributed by atoms with Crippen molar-refractivity contribution >= 4 is 42.4 Å². The predicted molar refractivity (Wildman–Crippen MR) is 83.6 cm³/mol. The van der Waals surface area contributed by atoms with E-state index in [4.69, 9.17) is 0 Å². The van der Waals surface area contributed by atoms with E-state index in [9.17, 15) is 25.3 Å². The lowest BCUT2D eigenvalue weighted by atomic mass is 10.3. The van der Waals surface area contributed by atoms with E-state index in [0.29, 0.717) is 6.42 Å². The van der Waals surface area contributed by atoms with Gasteiger partial charge in [0.2, 0.25) is 0 Å². The molecule has 0 spiro atoms. The lowest BCUT2D eigenvalue weighted by molar-refractivity contribution is 0.349. The molecule has 0 rings (SSSR count). The van der Waals surface area contributed by atoms with Crippen molar-refractivity contribution in [2.45, 2.75) is 19.3 Å². The Morgan fingerprint density at radius 1 is 0.696 bits per heavy atom. The molecule has 0 aliphatic heterocycles. The summed E-state index contributed by atoms with van der Waals surface area (Å²) in [5.41, 5.74) is 0. The summed E-state index contributed by atoms with van der Waals surface area (Å²) in [5, 5.41) is 0. The second-order valence-electron chi connectivity index (χ2n) is 4.00. The molecule has 0 bridgehead atoms. The van der Waals surface area contributed by atoms with E-state index in [2.05, 4.69) is 16.7 Å². The number of hydrogen-bond acceptors (Lipinski definition) is 10. The summed E-state index contributed by atoms with van der Waals surface area (Å²) in [5.74, 6) is -1.83. The fraction of sp³-hybridized carbons (Fsp3) is 1.00. The van der Waals surface area contributed by atoms with E-state index >= 15 is 0 Å². The maximum atomic E-state index is 11.4. The first kappa shape index (κ1) is 23.0. The second kappa shape index (κ2) is 11.6. The standard InChI is InChI=1S/C9H20O10S4/c1-16-20(10)8-18-22(12,13)6-4-3-5-7-23(14,15)19-9-21(11)17-2/h3-9H2,1-2H3. The highest BCUT2D eigenvalue weighted by Crippen LogP contribution is 2.06. The lowest BCUT2D eigenvalue weighted by Crippen LogP contribution is -2.16. The van der Waals surface area contributed by atoms with Crippen LogP contribution in [0.25, 0.3) is 0 Å². The van der Waals surface area contributed by atoms with Crippen LogP contribution in [0, 0.1) is 0 Å². The van der Waals surface area contributed by atoms with Crippen molar-refractivity contribution < 1.29 is 42.0 Å². The quantitative estimate of drug-likeness (QED) is 0.266. The molecule has 0 aliphatic carbocycles. The molecular formula is C9H20O10S4. The van der Waals surface area contributed by atoms with Crippen molar-refractivity contribution in [3.8, 4) is 0 Å². The molecule has 0 aliphatic rings. The van der Waals surface area contributed by atoms with Gasteiger partial charge in [-0.1, -0.05) is 6.42 Å². The van der Waals surface area contributed by atoms with Gasteiger partial charge in [-0.3, -0.25) is 16.7 Å². The molecule has 0 N–H and O–H groups in total. The summed E-state index contributed by atoms with van der Waals surface area (Å²) < 4.78 is 85.0. The predicted octanol–water partition coefficient (Wildman–Crippen LogP) is -0.615. The van der Waals surface area contributed by atoms with Crippen molar-refractivity contribution in [2.24, 2.45) is 0 Å². The normalized spacial score (nSPS) is 15.4. The smallest absolute Gasteiger partial charge is 0.268 e. The first-order valence-electron chi connectivity index (χ1n) is 6.22. The van der Waals surface area contributed by atoms with Crippen LogP contribution in [-0.2, 0) is 59.1 Å². The van der Waals surface area contributed by atoms with Crippen LogP contribution in [0.4, 0.5) is 0 Å². The zero-order chi connectivity index (χ0) is 17.9. The molecule has 0 aromatic rings. The van der Waals surface area contributed by atoms with Crippen molar-refractivity contribution in [3.05, 3.63) is 0 Å². The molecule has 0 amide bonds. The molecule has 2 unspecified atom stereocenters. The largest absolute Gasteiger partial charge is 0.292 e. The lowest BCUT2D eigenvalue weighted by Gasteiger charge is -2.06. The van der Waals surface area contributed by atoms with Gasteiger partial charge in [0.1, 0.15) is 0 Å². The fourth-order valence-corrected chi connectivity index (χ4v) is 4.52. The minimum absolute atomic E-state index is 0.168. The molecule has 0 heterocycles. The van der Waals surface area contributed by atoms with Gasteiger partial charge in [0.15, 0.2) is 34.0 Å². The minimum Gasteiger partial charge on any atom is -0.292 e. The second-order valence-corrected chi connectivity index (χ2v) is 9.87. The highest BCUT2D eigenvalue weighted by molar-refractivity contribution is 7.88. The summed E-state index contributed by atoms with van der Waals surface area (Å²) in [7, 11) is -5.38. The van der Waals surface area contributed by atoms with Crippen molar-refractivity contribution in [3.63, 3.8) is 0 Å². The Balaban J connectivity index is 3.95. The van der Waals surface area contributed by atoms with Gasteiger partial charge >= 0.3 is 0 Å². The third-order valence-corrected chi connectivity index (χ3v) is 6.50. The van der Waals surface area contributed by atoms with Crippen molar-refractivity contribution in [1.29, 1.82) is 0 Å². The molecule has 0 saturated carbocycles. The SMILES string of the molecule is COS(=O)COS(=O)(=O)CCCCCS(=O)(=O)OCS(=O)OC. The molecule has 0 aromatic heterocycles. The molecule has 23 heavy (non-hydrogen) atoms. The third kappa shape index (κ3) is 13.1. The summed E-state index contributed by atoms with van der Waals surface area (Å²) in [4.78, 5) is 0. The Morgan fingerprint density at radius 2 is 1.04 bits per heavy atom. The molecular weight excluding hydrogens is 396 g/mol. The summed E-state index contributed by atoms with van der Waals surface area (Å²) in [6.45, 7) is 0. The topological polar surface area (TPSA) is 139 Å². The number of unbranched alkanes of at least 4 members (excludes halogenated alkanes) is 2. The minimum atomic E-state index is -3.84. The first-order chi connectivity index (χ1) is 10.6. The van der Waals surface area contributed by atoms with Gasteiger partial charge in [-0.05, 0) is 12.8 Å². The molecule has 0 radical (unpaired) electrons. The van der Waals surface area contributed by atoms with Gasteiger partial charge in [-0.25, -0.2) is 8.42 Å². The molecule has 10 nitrogen and oxygen atoms in total.